The zero-order valence-corrected chi connectivity index (χ0v) is 22.1. The molecule has 1 aliphatic rings. The first kappa shape index (κ1) is 27.9. The van der Waals surface area contributed by atoms with Crippen molar-refractivity contribution >= 4 is 44.8 Å². The maximum Gasteiger partial charge on any atom is 0.340 e. The lowest BCUT2D eigenvalue weighted by atomic mass is 10.1. The summed E-state index contributed by atoms with van der Waals surface area (Å²) in [6, 6.07) is 10.6. The molecule has 5 rings (SSSR count). The number of nitrogens with two attached hydrogens (primary N) is 1. The van der Waals surface area contributed by atoms with Gasteiger partial charge in [0.05, 0.1) is 22.3 Å². The lowest BCUT2D eigenvalue weighted by molar-refractivity contribution is -0.0585. The first-order chi connectivity index (χ1) is 19.6. The molecule has 214 valence electrons. The molecule has 0 bridgehead atoms. The van der Waals surface area contributed by atoms with Gasteiger partial charge in [0.15, 0.2) is 23.8 Å². The van der Waals surface area contributed by atoms with Crippen LogP contribution in [-0.2, 0) is 24.4 Å². The summed E-state index contributed by atoms with van der Waals surface area (Å²) in [6.07, 6.45) is -2.58. The van der Waals surface area contributed by atoms with Gasteiger partial charge in [-0.1, -0.05) is 12.1 Å². The number of benzene rings is 2. The molecule has 4 N–H and O–H groups in total. The number of esters is 2. The SMILES string of the molecule is CNc1ccccc1C(=O)O[C@H]1[C@@H](O)[C@H](n2cnc3c(N)ncnc32)O[C@@H]1COC(=O)c1ccc(S(=O)(=O)F)cc1. The predicted octanol–water partition coefficient (Wildman–Crippen LogP) is 1.45. The van der Waals surface area contributed by atoms with E-state index in [0.29, 0.717) is 5.69 Å². The number of carbonyl (C=O) groups is 2. The second-order valence-electron chi connectivity index (χ2n) is 8.86. The Bertz CT molecular complexity index is 1710. The first-order valence-corrected chi connectivity index (χ1v) is 13.4. The smallest absolute Gasteiger partial charge is 0.340 e. The molecule has 0 aliphatic carbocycles. The Kier molecular flexibility index (Phi) is 7.53. The van der Waals surface area contributed by atoms with Crippen molar-refractivity contribution < 1.29 is 41.2 Å². The number of nitrogens with one attached hydrogen (secondary N) is 1. The number of carbonyl (C=O) groups excluding carboxylic acids is 2. The number of fused-ring (bicyclic) bond motifs is 1. The summed E-state index contributed by atoms with van der Waals surface area (Å²) < 4.78 is 53.7. The number of nitrogen functional groups attached to an aromatic ring is 1. The highest BCUT2D eigenvalue weighted by molar-refractivity contribution is 7.86. The molecule has 16 heteroatoms. The van der Waals surface area contributed by atoms with Gasteiger partial charge in [0.1, 0.15) is 30.7 Å². The van der Waals surface area contributed by atoms with Gasteiger partial charge in [-0.25, -0.2) is 24.5 Å². The molecule has 0 unspecified atom stereocenters. The van der Waals surface area contributed by atoms with Crippen LogP contribution in [0.15, 0.2) is 66.1 Å². The number of aromatic nitrogens is 4. The van der Waals surface area contributed by atoms with Gasteiger partial charge in [-0.2, -0.15) is 8.42 Å². The fraction of sp³-hybridized carbons (Fsp3) is 0.240. The molecule has 4 aromatic rings. The monoisotopic (exact) mass is 586 g/mol. The summed E-state index contributed by atoms with van der Waals surface area (Å²) in [4.78, 5) is 37.4. The Morgan fingerprint density at radius 1 is 1.12 bits per heavy atom. The van der Waals surface area contributed by atoms with E-state index in [1.165, 1.54) is 23.3 Å². The molecule has 1 saturated heterocycles. The first-order valence-electron chi connectivity index (χ1n) is 12.0. The molecule has 3 heterocycles. The number of halogens is 1. The van der Waals surface area contributed by atoms with Gasteiger partial charge in [0, 0.05) is 12.7 Å². The minimum Gasteiger partial charge on any atom is -0.459 e. The Hall–Kier alpha value is -4.67. The normalized spacial score (nSPS) is 20.6. The molecule has 14 nitrogen and oxygen atoms in total. The number of anilines is 2. The second-order valence-corrected chi connectivity index (χ2v) is 10.2. The molecule has 0 amide bonds. The summed E-state index contributed by atoms with van der Waals surface area (Å²) in [6.45, 7) is -0.481. The van der Waals surface area contributed by atoms with E-state index in [1.807, 2.05) is 0 Å². The van der Waals surface area contributed by atoms with Crippen LogP contribution in [0.3, 0.4) is 0 Å². The average molecular weight is 587 g/mol. The number of aliphatic hydroxyl groups is 1. The van der Waals surface area contributed by atoms with Crippen molar-refractivity contribution in [1.29, 1.82) is 0 Å². The zero-order valence-electron chi connectivity index (χ0n) is 21.2. The van der Waals surface area contributed by atoms with Crippen molar-refractivity contribution in [3.8, 4) is 0 Å². The molecule has 41 heavy (non-hydrogen) atoms. The number of hydrogen-bond donors (Lipinski definition) is 3. The lowest BCUT2D eigenvalue weighted by Crippen LogP contribution is -2.39. The van der Waals surface area contributed by atoms with Crippen LogP contribution in [-0.4, -0.2) is 76.9 Å². The molecule has 1 fully saturated rings. The maximum atomic E-state index is 13.2. The number of para-hydroxylation sites is 1. The molecule has 0 saturated carbocycles. The summed E-state index contributed by atoms with van der Waals surface area (Å²) in [5.74, 6) is -1.57. The van der Waals surface area contributed by atoms with Crippen LogP contribution >= 0.6 is 0 Å². The molecule has 1 aliphatic heterocycles. The largest absolute Gasteiger partial charge is 0.459 e. The lowest BCUT2D eigenvalue weighted by Gasteiger charge is -2.21. The van der Waals surface area contributed by atoms with Gasteiger partial charge in [-0.05, 0) is 36.4 Å². The molecule has 2 aromatic carbocycles. The third kappa shape index (κ3) is 5.52. The molecular formula is C25H23FN6O8S. The number of ether oxygens (including phenoxy) is 3. The van der Waals surface area contributed by atoms with E-state index in [2.05, 4.69) is 20.3 Å². The van der Waals surface area contributed by atoms with E-state index in [-0.39, 0.29) is 28.1 Å². The molecule has 2 aromatic heterocycles. The van der Waals surface area contributed by atoms with Crippen LogP contribution < -0.4 is 11.1 Å². The van der Waals surface area contributed by atoms with E-state index in [9.17, 15) is 27.0 Å². The van der Waals surface area contributed by atoms with Crippen molar-refractivity contribution in [3.63, 3.8) is 0 Å². The van der Waals surface area contributed by atoms with E-state index in [1.54, 1.807) is 25.2 Å². The van der Waals surface area contributed by atoms with Gasteiger partial charge in [-0.15, -0.1) is 3.89 Å². The van der Waals surface area contributed by atoms with Crippen molar-refractivity contribution in [1.82, 2.24) is 19.5 Å². The van der Waals surface area contributed by atoms with Gasteiger partial charge in [0.25, 0.3) is 0 Å². The van der Waals surface area contributed by atoms with E-state index >= 15 is 0 Å². The van der Waals surface area contributed by atoms with Crippen molar-refractivity contribution in [3.05, 3.63) is 72.3 Å². The fourth-order valence-electron chi connectivity index (χ4n) is 4.35. The number of hydrogen-bond acceptors (Lipinski definition) is 13. The van der Waals surface area contributed by atoms with E-state index in [4.69, 9.17) is 19.9 Å². The summed E-state index contributed by atoms with van der Waals surface area (Å²) in [5, 5.41) is 14.1. The van der Waals surface area contributed by atoms with Crippen molar-refractivity contribution in [2.75, 3.05) is 24.7 Å². The fourth-order valence-corrected chi connectivity index (χ4v) is 4.81. The third-order valence-corrected chi connectivity index (χ3v) is 7.22. The Morgan fingerprint density at radius 2 is 1.85 bits per heavy atom. The number of aliphatic hydroxyl groups excluding tert-OH is 1. The highest BCUT2D eigenvalue weighted by Gasteiger charge is 2.48. The van der Waals surface area contributed by atoms with Crippen LogP contribution in [0.25, 0.3) is 11.2 Å². The molecule has 0 spiro atoms. The predicted molar refractivity (Wildman–Crippen MR) is 140 cm³/mol. The Morgan fingerprint density at radius 3 is 2.56 bits per heavy atom. The van der Waals surface area contributed by atoms with Crippen molar-refractivity contribution in [2.24, 2.45) is 0 Å². The van der Waals surface area contributed by atoms with Gasteiger partial charge in [-0.3, -0.25) is 4.57 Å². The topological polar surface area (TPSA) is 198 Å². The van der Waals surface area contributed by atoms with E-state index < -0.39 is 58.2 Å². The Labute approximate surface area is 232 Å². The van der Waals surface area contributed by atoms with Gasteiger partial charge < -0.3 is 30.4 Å². The quantitative estimate of drug-likeness (QED) is 0.198. The standard InChI is InChI=1S/C25H23FN6O8S/c1-28-16-5-3-2-4-15(16)25(35)40-20-17(10-38-24(34)13-6-8-14(9-7-13)41(26,36)37)39-23(19(20)33)32-12-31-18-21(27)29-11-30-22(18)32/h2-9,11-12,17,19-20,23,28,33H,10H2,1H3,(H2,27,29,30)/t17-,19-,20-,23-/m1/s1. The summed E-state index contributed by atoms with van der Waals surface area (Å²) in [7, 11) is -3.32. The minimum absolute atomic E-state index is 0.0724. The third-order valence-electron chi connectivity index (χ3n) is 6.38. The number of rotatable bonds is 8. The molecular weight excluding hydrogens is 563 g/mol. The highest BCUT2D eigenvalue weighted by Crippen LogP contribution is 2.35. The van der Waals surface area contributed by atoms with Crippen LogP contribution in [0.2, 0.25) is 0 Å². The van der Waals surface area contributed by atoms with Crippen molar-refractivity contribution in [2.45, 2.75) is 29.4 Å². The second kappa shape index (κ2) is 11.1. The Balaban J connectivity index is 1.40. The van der Waals surface area contributed by atoms with Gasteiger partial charge >= 0.3 is 22.2 Å². The average Bonchev–Trinajstić information content (AvgIpc) is 3.52. The van der Waals surface area contributed by atoms with E-state index in [0.717, 1.165) is 24.3 Å². The number of imidazole rings is 1. The van der Waals surface area contributed by atoms with Crippen LogP contribution in [0, 0.1) is 0 Å². The minimum atomic E-state index is -4.95. The van der Waals surface area contributed by atoms with Crippen LogP contribution in [0.1, 0.15) is 26.9 Å². The van der Waals surface area contributed by atoms with Gasteiger partial charge in [0.2, 0.25) is 0 Å². The highest BCUT2D eigenvalue weighted by atomic mass is 32.3. The van der Waals surface area contributed by atoms with Crippen LogP contribution in [0.5, 0.6) is 0 Å². The molecule has 0 radical (unpaired) electrons. The molecule has 4 atom stereocenters. The summed E-state index contributed by atoms with van der Waals surface area (Å²) >= 11 is 0. The summed E-state index contributed by atoms with van der Waals surface area (Å²) in [5.41, 5.74) is 6.97. The zero-order chi connectivity index (χ0) is 29.3. The maximum absolute atomic E-state index is 13.2. The van der Waals surface area contributed by atoms with Crippen LogP contribution in [0.4, 0.5) is 15.4 Å². The number of nitrogens with zero attached hydrogens (tertiary/aromatic N) is 4.